The Hall–Kier alpha value is -2.20. The van der Waals surface area contributed by atoms with Gasteiger partial charge in [-0.1, -0.05) is 10.3 Å². The maximum atomic E-state index is 8.95. The molecule has 2 heterocycles. The van der Waals surface area contributed by atoms with E-state index in [1.165, 1.54) is 0 Å². The molecule has 0 saturated heterocycles. The number of methoxy groups -OCH3 is 1. The van der Waals surface area contributed by atoms with Gasteiger partial charge in [0, 0.05) is 13.5 Å². The van der Waals surface area contributed by atoms with Crippen molar-refractivity contribution in [3.63, 3.8) is 0 Å². The summed E-state index contributed by atoms with van der Waals surface area (Å²) in [6.45, 7) is 2.22. The van der Waals surface area contributed by atoms with Gasteiger partial charge in [0.2, 0.25) is 5.89 Å². The van der Waals surface area contributed by atoms with Gasteiger partial charge < -0.3 is 13.8 Å². The molecule has 0 amide bonds. The van der Waals surface area contributed by atoms with Gasteiger partial charge in [0.15, 0.2) is 11.6 Å². The molecular formula is C11H12N4O3. The van der Waals surface area contributed by atoms with Crippen molar-refractivity contribution >= 4 is 0 Å². The highest BCUT2D eigenvalue weighted by Crippen LogP contribution is 2.15. The van der Waals surface area contributed by atoms with Gasteiger partial charge >= 0.3 is 0 Å². The van der Waals surface area contributed by atoms with E-state index in [2.05, 4.69) is 15.3 Å². The zero-order chi connectivity index (χ0) is 13.0. The van der Waals surface area contributed by atoms with Gasteiger partial charge in [-0.15, -0.1) is 0 Å². The Morgan fingerprint density at radius 1 is 1.33 bits per heavy atom. The molecule has 2 rings (SSSR count). The SMILES string of the molecule is COCCc1noc(Cc2noc(C)c2C#N)n1. The molecule has 0 fully saturated rings. The molecule has 0 spiro atoms. The summed E-state index contributed by atoms with van der Waals surface area (Å²) in [6, 6.07) is 2.04. The van der Waals surface area contributed by atoms with Crippen molar-refractivity contribution < 1.29 is 13.8 Å². The largest absolute Gasteiger partial charge is 0.384 e. The molecule has 0 N–H and O–H groups in total. The van der Waals surface area contributed by atoms with E-state index in [0.717, 1.165) is 0 Å². The number of hydrogen-bond acceptors (Lipinski definition) is 7. The zero-order valence-electron chi connectivity index (χ0n) is 10.1. The summed E-state index contributed by atoms with van der Waals surface area (Å²) >= 11 is 0. The molecule has 2 aromatic rings. The minimum absolute atomic E-state index is 0.292. The molecule has 0 aromatic carbocycles. The monoisotopic (exact) mass is 248 g/mol. The molecule has 7 nitrogen and oxygen atoms in total. The van der Waals surface area contributed by atoms with Crippen molar-refractivity contribution in [2.45, 2.75) is 19.8 Å². The van der Waals surface area contributed by atoms with Crippen LogP contribution < -0.4 is 0 Å². The van der Waals surface area contributed by atoms with Gasteiger partial charge in [-0.25, -0.2) is 0 Å². The summed E-state index contributed by atoms with van der Waals surface area (Å²) in [5, 5.41) is 16.6. The van der Waals surface area contributed by atoms with Crippen LogP contribution in [0.3, 0.4) is 0 Å². The number of rotatable bonds is 5. The van der Waals surface area contributed by atoms with Crippen molar-refractivity contribution in [1.29, 1.82) is 5.26 Å². The third kappa shape index (κ3) is 2.55. The molecule has 0 aliphatic rings. The second-order valence-electron chi connectivity index (χ2n) is 3.70. The first-order chi connectivity index (χ1) is 8.74. The first-order valence-corrected chi connectivity index (χ1v) is 5.40. The molecular weight excluding hydrogens is 236 g/mol. The maximum absolute atomic E-state index is 8.95. The van der Waals surface area contributed by atoms with Crippen LogP contribution in [0, 0.1) is 18.3 Å². The van der Waals surface area contributed by atoms with Gasteiger partial charge in [0.25, 0.3) is 0 Å². The summed E-state index contributed by atoms with van der Waals surface area (Å²) in [6.07, 6.45) is 0.878. The number of ether oxygens (including phenoxy) is 1. The second kappa shape index (κ2) is 5.42. The molecule has 94 valence electrons. The Morgan fingerprint density at radius 3 is 2.89 bits per heavy atom. The molecule has 0 radical (unpaired) electrons. The van der Waals surface area contributed by atoms with E-state index in [9.17, 15) is 0 Å². The average molecular weight is 248 g/mol. The molecule has 0 aliphatic carbocycles. The fourth-order valence-electron chi connectivity index (χ4n) is 1.48. The number of hydrogen-bond donors (Lipinski definition) is 0. The van der Waals surface area contributed by atoms with Crippen molar-refractivity contribution in [3.8, 4) is 6.07 Å². The molecule has 0 bridgehead atoms. The van der Waals surface area contributed by atoms with Crippen molar-refractivity contribution in [2.75, 3.05) is 13.7 Å². The normalized spacial score (nSPS) is 10.5. The first kappa shape index (κ1) is 12.3. The van der Waals surface area contributed by atoms with Crippen LogP contribution in [-0.2, 0) is 17.6 Å². The van der Waals surface area contributed by atoms with Crippen LogP contribution in [0.15, 0.2) is 9.05 Å². The Bertz CT molecular complexity index is 567. The lowest BCUT2D eigenvalue weighted by Gasteiger charge is -1.90. The standard InChI is InChI=1S/C11H12N4O3/c1-7-8(6-12)9(14-17-7)5-11-13-10(15-18-11)3-4-16-2/h3-5H2,1-2H3. The van der Waals surface area contributed by atoms with Gasteiger partial charge in [-0.3, -0.25) is 0 Å². The third-order valence-electron chi connectivity index (χ3n) is 2.40. The van der Waals surface area contributed by atoms with E-state index in [0.29, 0.717) is 48.2 Å². The lowest BCUT2D eigenvalue weighted by atomic mass is 10.2. The van der Waals surface area contributed by atoms with Crippen molar-refractivity contribution in [3.05, 3.63) is 28.7 Å². The topological polar surface area (TPSA) is 98.0 Å². The highest BCUT2D eigenvalue weighted by molar-refractivity contribution is 5.36. The van der Waals surface area contributed by atoms with Crippen LogP contribution in [0.5, 0.6) is 0 Å². The fourth-order valence-corrected chi connectivity index (χ4v) is 1.48. The Labute approximate surface area is 103 Å². The van der Waals surface area contributed by atoms with Crippen LogP contribution in [0.1, 0.15) is 28.7 Å². The average Bonchev–Trinajstić information content (AvgIpc) is 2.95. The minimum Gasteiger partial charge on any atom is -0.384 e. The van der Waals surface area contributed by atoms with E-state index in [4.69, 9.17) is 19.0 Å². The number of nitriles is 1. The van der Waals surface area contributed by atoms with Crippen molar-refractivity contribution in [2.24, 2.45) is 0 Å². The van der Waals surface area contributed by atoms with Crippen LogP contribution in [-0.4, -0.2) is 29.0 Å². The number of aromatic nitrogens is 3. The smallest absolute Gasteiger partial charge is 0.232 e. The van der Waals surface area contributed by atoms with E-state index in [-0.39, 0.29) is 0 Å². The minimum atomic E-state index is 0.292. The summed E-state index contributed by atoms with van der Waals surface area (Å²) < 4.78 is 14.9. The van der Waals surface area contributed by atoms with Crippen molar-refractivity contribution in [1.82, 2.24) is 15.3 Å². The van der Waals surface area contributed by atoms with Gasteiger partial charge in [0.1, 0.15) is 17.3 Å². The maximum Gasteiger partial charge on any atom is 0.232 e. The summed E-state index contributed by atoms with van der Waals surface area (Å²) in [5.41, 5.74) is 0.934. The zero-order valence-corrected chi connectivity index (χ0v) is 10.1. The Balaban J connectivity index is 2.09. The highest BCUT2D eigenvalue weighted by atomic mass is 16.5. The van der Waals surface area contributed by atoms with Crippen LogP contribution >= 0.6 is 0 Å². The number of aryl methyl sites for hydroxylation is 1. The summed E-state index contributed by atoms with van der Waals surface area (Å²) in [7, 11) is 1.61. The quantitative estimate of drug-likeness (QED) is 0.778. The molecule has 2 aromatic heterocycles. The Morgan fingerprint density at radius 2 is 2.17 bits per heavy atom. The van der Waals surface area contributed by atoms with Gasteiger partial charge in [-0.05, 0) is 6.92 Å². The van der Waals surface area contributed by atoms with Gasteiger partial charge in [0.05, 0.1) is 13.0 Å². The number of nitrogens with zero attached hydrogens (tertiary/aromatic N) is 4. The van der Waals surface area contributed by atoms with E-state index < -0.39 is 0 Å². The Kier molecular flexibility index (Phi) is 3.69. The molecule has 7 heteroatoms. The summed E-state index contributed by atoms with van der Waals surface area (Å²) in [5.74, 6) is 1.48. The van der Waals surface area contributed by atoms with E-state index >= 15 is 0 Å². The van der Waals surface area contributed by atoms with Crippen LogP contribution in [0.2, 0.25) is 0 Å². The molecule has 18 heavy (non-hydrogen) atoms. The lowest BCUT2D eigenvalue weighted by molar-refractivity contribution is 0.199. The first-order valence-electron chi connectivity index (χ1n) is 5.40. The predicted octanol–water partition coefficient (Wildman–Crippen LogP) is 1.02. The predicted molar refractivity (Wildman–Crippen MR) is 58.6 cm³/mol. The second-order valence-corrected chi connectivity index (χ2v) is 3.70. The van der Waals surface area contributed by atoms with Crippen LogP contribution in [0.25, 0.3) is 0 Å². The van der Waals surface area contributed by atoms with E-state index in [1.54, 1.807) is 14.0 Å². The molecule has 0 saturated carbocycles. The molecule has 0 unspecified atom stereocenters. The highest BCUT2D eigenvalue weighted by Gasteiger charge is 2.16. The fraction of sp³-hybridized carbons (Fsp3) is 0.455. The van der Waals surface area contributed by atoms with Crippen LogP contribution in [0.4, 0.5) is 0 Å². The van der Waals surface area contributed by atoms with Gasteiger partial charge in [-0.2, -0.15) is 10.2 Å². The molecule has 0 aliphatic heterocycles. The molecule has 0 atom stereocenters. The third-order valence-corrected chi connectivity index (χ3v) is 2.40. The summed E-state index contributed by atoms with van der Waals surface area (Å²) in [4.78, 5) is 4.18. The van der Waals surface area contributed by atoms with E-state index in [1.807, 2.05) is 6.07 Å². The lowest BCUT2D eigenvalue weighted by Crippen LogP contribution is -1.97.